The third kappa shape index (κ3) is 7.91. The Morgan fingerprint density at radius 3 is 2.38 bits per heavy atom. The molecule has 0 saturated carbocycles. The molecule has 1 saturated heterocycles. The molecule has 1 amide bonds. The molecule has 0 atom stereocenters. The molecule has 39 heavy (non-hydrogen) atoms. The molecule has 1 fully saturated rings. The Bertz CT molecular complexity index is 1310. The summed E-state index contributed by atoms with van der Waals surface area (Å²) < 4.78 is 11.5. The first-order chi connectivity index (χ1) is 18.6. The van der Waals surface area contributed by atoms with Gasteiger partial charge in [-0.3, -0.25) is 0 Å². The van der Waals surface area contributed by atoms with Gasteiger partial charge in [0.2, 0.25) is 11.8 Å². The monoisotopic (exact) mass is 528 g/mol. The van der Waals surface area contributed by atoms with E-state index in [2.05, 4.69) is 38.8 Å². The molecule has 2 heterocycles. The van der Waals surface area contributed by atoms with E-state index in [1.807, 2.05) is 46.8 Å². The number of amides is 1. The Morgan fingerprint density at radius 2 is 1.77 bits per heavy atom. The van der Waals surface area contributed by atoms with Gasteiger partial charge in [0.25, 0.3) is 0 Å². The minimum absolute atomic E-state index is 0.232. The topological polar surface area (TPSA) is 112 Å². The van der Waals surface area contributed by atoms with E-state index >= 15 is 0 Å². The number of likely N-dealkylation sites (tertiary alicyclic amines) is 1. The van der Waals surface area contributed by atoms with E-state index < -0.39 is 5.60 Å². The molecule has 204 valence electrons. The summed E-state index contributed by atoms with van der Waals surface area (Å²) in [5, 5.41) is 16.0. The fourth-order valence-corrected chi connectivity index (χ4v) is 4.43. The fourth-order valence-electron chi connectivity index (χ4n) is 4.43. The summed E-state index contributed by atoms with van der Waals surface area (Å²) in [5.74, 6) is 1.53. The highest BCUT2D eigenvalue weighted by Gasteiger charge is 2.26. The molecule has 1 aliphatic heterocycles. The maximum Gasteiger partial charge on any atom is 0.410 e. The van der Waals surface area contributed by atoms with Crippen molar-refractivity contribution in [2.45, 2.75) is 65.6 Å². The molecule has 3 aromatic rings. The first-order valence-corrected chi connectivity index (χ1v) is 13.2. The number of aromatic nitrogens is 2. The number of nitrogens with one attached hydrogen (secondary N) is 2. The van der Waals surface area contributed by atoms with Crippen molar-refractivity contribution < 1.29 is 14.3 Å². The van der Waals surface area contributed by atoms with Crippen LogP contribution in [0.25, 0.3) is 0 Å². The molecule has 0 radical (unpaired) electrons. The summed E-state index contributed by atoms with van der Waals surface area (Å²) in [6.45, 7) is 11.6. The Kier molecular flexibility index (Phi) is 8.67. The summed E-state index contributed by atoms with van der Waals surface area (Å²) >= 11 is 0. The van der Waals surface area contributed by atoms with Crippen LogP contribution in [0.4, 0.5) is 16.4 Å². The normalized spacial score (nSPS) is 14.0. The number of hydrogen-bond acceptors (Lipinski definition) is 8. The van der Waals surface area contributed by atoms with Gasteiger partial charge in [-0.1, -0.05) is 12.1 Å². The summed E-state index contributed by atoms with van der Waals surface area (Å²) in [5.41, 5.74) is 3.91. The lowest BCUT2D eigenvalue weighted by Gasteiger charge is -2.33. The number of carbonyl (C=O) groups excluding carboxylic acids is 1. The van der Waals surface area contributed by atoms with Crippen LogP contribution < -0.4 is 15.4 Å². The van der Waals surface area contributed by atoms with Crippen molar-refractivity contribution in [1.29, 1.82) is 5.26 Å². The van der Waals surface area contributed by atoms with Gasteiger partial charge >= 0.3 is 6.09 Å². The van der Waals surface area contributed by atoms with Gasteiger partial charge in [-0.25, -0.2) is 9.78 Å². The maximum atomic E-state index is 12.3. The summed E-state index contributed by atoms with van der Waals surface area (Å²) in [4.78, 5) is 22.9. The van der Waals surface area contributed by atoms with Crippen molar-refractivity contribution >= 4 is 17.7 Å². The Hall–Kier alpha value is -4.16. The van der Waals surface area contributed by atoms with E-state index in [-0.39, 0.29) is 6.09 Å². The second-order valence-electron chi connectivity index (χ2n) is 10.8. The van der Waals surface area contributed by atoms with E-state index in [4.69, 9.17) is 14.7 Å². The molecule has 2 aromatic carbocycles. The van der Waals surface area contributed by atoms with Gasteiger partial charge in [-0.15, -0.1) is 0 Å². The van der Waals surface area contributed by atoms with Gasteiger partial charge in [0.05, 0.1) is 11.6 Å². The number of nitrogens with zero attached hydrogens (tertiary/aromatic N) is 4. The van der Waals surface area contributed by atoms with Gasteiger partial charge < -0.3 is 25.0 Å². The lowest BCUT2D eigenvalue weighted by Crippen LogP contribution is -2.46. The zero-order valence-corrected chi connectivity index (χ0v) is 23.2. The molecule has 2 N–H and O–H groups in total. The predicted octanol–water partition coefficient (Wildman–Crippen LogP) is 5.99. The van der Waals surface area contributed by atoms with Crippen LogP contribution in [-0.4, -0.2) is 45.7 Å². The van der Waals surface area contributed by atoms with Gasteiger partial charge in [0.1, 0.15) is 11.4 Å². The average molecular weight is 529 g/mol. The van der Waals surface area contributed by atoms with E-state index in [9.17, 15) is 4.79 Å². The van der Waals surface area contributed by atoms with E-state index in [1.54, 1.807) is 29.3 Å². The third-order valence-corrected chi connectivity index (χ3v) is 6.38. The van der Waals surface area contributed by atoms with Crippen LogP contribution in [0.5, 0.6) is 11.6 Å². The number of nitriles is 1. The molecular formula is C30H36N6O3. The Morgan fingerprint density at radius 1 is 1.10 bits per heavy atom. The third-order valence-electron chi connectivity index (χ3n) is 6.38. The van der Waals surface area contributed by atoms with E-state index in [0.29, 0.717) is 42.3 Å². The van der Waals surface area contributed by atoms with Crippen LogP contribution >= 0.6 is 0 Å². The minimum Gasteiger partial charge on any atom is -0.444 e. The maximum absolute atomic E-state index is 12.3. The lowest BCUT2D eigenvalue weighted by atomic mass is 10.0. The van der Waals surface area contributed by atoms with Crippen LogP contribution in [0.3, 0.4) is 0 Å². The van der Waals surface area contributed by atoms with Gasteiger partial charge in [0, 0.05) is 43.6 Å². The van der Waals surface area contributed by atoms with Gasteiger partial charge in [0.15, 0.2) is 0 Å². The molecule has 0 unspecified atom stereocenters. The van der Waals surface area contributed by atoms with Crippen molar-refractivity contribution in [2.24, 2.45) is 0 Å². The average Bonchev–Trinajstić information content (AvgIpc) is 2.90. The molecule has 0 spiro atoms. The van der Waals surface area contributed by atoms with Crippen molar-refractivity contribution in [1.82, 2.24) is 20.2 Å². The first kappa shape index (κ1) is 27.9. The summed E-state index contributed by atoms with van der Waals surface area (Å²) in [7, 11) is 0. The van der Waals surface area contributed by atoms with Crippen LogP contribution in [0.2, 0.25) is 0 Å². The number of piperidine rings is 1. The number of carbonyl (C=O) groups is 1. The molecule has 9 heteroatoms. The minimum atomic E-state index is -0.472. The summed E-state index contributed by atoms with van der Waals surface area (Å²) in [6.07, 6.45) is 3.21. The molecular weight excluding hydrogens is 492 g/mol. The number of ether oxygens (including phenoxy) is 2. The molecule has 1 aliphatic rings. The highest BCUT2D eigenvalue weighted by molar-refractivity contribution is 5.68. The molecule has 0 bridgehead atoms. The second-order valence-corrected chi connectivity index (χ2v) is 10.8. The van der Waals surface area contributed by atoms with Gasteiger partial charge in [-0.2, -0.15) is 10.2 Å². The van der Waals surface area contributed by atoms with Gasteiger partial charge in [-0.05, 0) is 88.4 Å². The van der Waals surface area contributed by atoms with E-state index in [0.717, 1.165) is 36.2 Å². The fraction of sp³-hybridized carbons (Fsp3) is 0.400. The number of aryl methyl sites for hydroxylation is 2. The molecule has 1 aromatic heterocycles. The quantitative estimate of drug-likeness (QED) is 0.385. The van der Waals surface area contributed by atoms with Crippen LogP contribution in [0, 0.1) is 25.2 Å². The second kappa shape index (κ2) is 12.1. The van der Waals surface area contributed by atoms with Crippen LogP contribution in [0.15, 0.2) is 48.7 Å². The number of rotatable bonds is 7. The lowest BCUT2D eigenvalue weighted by molar-refractivity contribution is 0.0198. The predicted molar refractivity (Wildman–Crippen MR) is 150 cm³/mol. The summed E-state index contributed by atoms with van der Waals surface area (Å²) in [6, 6.07) is 15.9. The van der Waals surface area contributed by atoms with E-state index in [1.165, 1.54) is 5.56 Å². The Labute approximate surface area is 230 Å². The highest BCUT2D eigenvalue weighted by atomic mass is 16.6. The van der Waals surface area contributed by atoms with Crippen molar-refractivity contribution in [3.8, 4) is 17.7 Å². The highest BCUT2D eigenvalue weighted by Crippen LogP contribution is 2.29. The zero-order chi connectivity index (χ0) is 28.0. The SMILES string of the molecule is Cc1cc(C#N)cc(C)c1Oc1ccnc(Nc2ccc(CNC3CCN(C(=O)OC(C)(C)C)CC3)cc2)n1. The first-order valence-electron chi connectivity index (χ1n) is 13.2. The zero-order valence-electron chi connectivity index (χ0n) is 23.2. The molecule has 9 nitrogen and oxygen atoms in total. The molecule has 4 rings (SSSR count). The largest absolute Gasteiger partial charge is 0.444 e. The number of benzene rings is 2. The number of anilines is 2. The van der Waals surface area contributed by atoms with Crippen molar-refractivity contribution in [2.75, 3.05) is 18.4 Å². The standard InChI is InChI=1S/C30H36N6O3/c1-20-16-23(18-31)17-21(2)27(20)38-26-10-13-32-28(35-26)34-25-8-6-22(7-9-25)19-33-24-11-14-36(15-12-24)29(37)39-30(3,4)5/h6-10,13,16-17,24,33H,11-12,14-15,19H2,1-5H3,(H,32,34,35). The van der Waals surface area contributed by atoms with Crippen LogP contribution in [0.1, 0.15) is 55.9 Å². The molecule has 0 aliphatic carbocycles. The Balaban J connectivity index is 1.27. The smallest absolute Gasteiger partial charge is 0.410 e. The van der Waals surface area contributed by atoms with Crippen LogP contribution in [-0.2, 0) is 11.3 Å². The van der Waals surface area contributed by atoms with Crippen molar-refractivity contribution in [3.05, 3.63) is 70.9 Å². The van der Waals surface area contributed by atoms with Crippen molar-refractivity contribution in [3.63, 3.8) is 0 Å². The number of hydrogen-bond donors (Lipinski definition) is 2.